The van der Waals surface area contributed by atoms with Gasteiger partial charge in [-0.2, -0.15) is 0 Å². The molecular formula is C29H28N6O3S. The molecule has 0 aliphatic carbocycles. The van der Waals surface area contributed by atoms with E-state index < -0.39 is 17.9 Å². The summed E-state index contributed by atoms with van der Waals surface area (Å²) in [5, 5.41) is 4.52. The summed E-state index contributed by atoms with van der Waals surface area (Å²) in [4.78, 5) is 51.0. The number of likely N-dealkylation sites (N-methyl/N-ethyl adjacent to an activating group) is 1. The zero-order valence-corrected chi connectivity index (χ0v) is 22.2. The average molecular weight is 541 g/mol. The third-order valence-corrected chi connectivity index (χ3v) is 7.43. The average Bonchev–Trinajstić information content (AvgIpc) is 3.65. The van der Waals surface area contributed by atoms with Crippen LogP contribution >= 0.6 is 11.3 Å². The lowest BCUT2D eigenvalue weighted by atomic mass is 9.97. The van der Waals surface area contributed by atoms with Crippen molar-refractivity contribution in [3.8, 4) is 11.1 Å². The van der Waals surface area contributed by atoms with E-state index in [9.17, 15) is 14.4 Å². The quantitative estimate of drug-likeness (QED) is 0.337. The van der Waals surface area contributed by atoms with Crippen molar-refractivity contribution < 1.29 is 14.4 Å². The summed E-state index contributed by atoms with van der Waals surface area (Å²) in [6.45, 7) is 0.160. The van der Waals surface area contributed by atoms with Crippen molar-refractivity contribution in [2.75, 3.05) is 29.9 Å². The van der Waals surface area contributed by atoms with Crippen molar-refractivity contribution in [2.24, 2.45) is 5.73 Å². The highest BCUT2D eigenvalue weighted by Crippen LogP contribution is 2.37. The number of anilines is 2. The first-order valence-electron chi connectivity index (χ1n) is 12.5. The molecule has 1 aliphatic heterocycles. The summed E-state index contributed by atoms with van der Waals surface area (Å²) >= 11 is 1.48. The smallest absolute Gasteiger partial charge is 0.252 e. The van der Waals surface area contributed by atoms with E-state index in [-0.39, 0.29) is 12.5 Å². The fraction of sp³-hybridized carbons (Fsp3) is 0.207. The summed E-state index contributed by atoms with van der Waals surface area (Å²) < 4.78 is 0. The van der Waals surface area contributed by atoms with E-state index in [1.807, 2.05) is 65.9 Å². The molecule has 3 N–H and O–H groups in total. The Hall–Kier alpha value is -4.57. The SMILES string of the molecule is CN(c1cscn1)[C@@H](Cc1ccccc1)C(=O)N1CCc2c(C(=O)NCC(N)=O)cc(-c3ccncc3)cc21. The van der Waals surface area contributed by atoms with Gasteiger partial charge >= 0.3 is 0 Å². The van der Waals surface area contributed by atoms with Crippen LogP contribution in [0.2, 0.25) is 0 Å². The number of carbonyl (C=O) groups excluding carboxylic acids is 3. The third-order valence-electron chi connectivity index (χ3n) is 6.86. The van der Waals surface area contributed by atoms with Crippen LogP contribution in [0.4, 0.5) is 11.5 Å². The van der Waals surface area contributed by atoms with Crippen LogP contribution in [0.15, 0.2) is 77.9 Å². The zero-order valence-electron chi connectivity index (χ0n) is 21.4. The summed E-state index contributed by atoms with van der Waals surface area (Å²) in [6.07, 6.45) is 4.36. The lowest BCUT2D eigenvalue weighted by Crippen LogP contribution is -2.48. The van der Waals surface area contributed by atoms with Crippen LogP contribution in [0.5, 0.6) is 0 Å². The van der Waals surface area contributed by atoms with Crippen LogP contribution in [0.25, 0.3) is 11.1 Å². The van der Waals surface area contributed by atoms with Gasteiger partial charge in [0.15, 0.2) is 0 Å². The number of nitrogens with one attached hydrogen (secondary N) is 1. The van der Waals surface area contributed by atoms with Crippen LogP contribution in [0, 0.1) is 0 Å². The van der Waals surface area contributed by atoms with Gasteiger partial charge in [0.25, 0.3) is 5.91 Å². The number of nitrogens with two attached hydrogens (primary N) is 1. The Morgan fingerprint density at radius 2 is 1.87 bits per heavy atom. The highest BCUT2D eigenvalue weighted by Gasteiger charge is 2.35. The van der Waals surface area contributed by atoms with Crippen LogP contribution < -0.4 is 20.9 Å². The summed E-state index contributed by atoms with van der Waals surface area (Å²) in [6, 6.07) is 16.8. The van der Waals surface area contributed by atoms with Crippen molar-refractivity contribution in [2.45, 2.75) is 18.9 Å². The third kappa shape index (κ3) is 5.65. The minimum atomic E-state index is -0.629. The van der Waals surface area contributed by atoms with Crippen LogP contribution in [0.1, 0.15) is 21.5 Å². The van der Waals surface area contributed by atoms with E-state index in [4.69, 9.17) is 5.73 Å². The molecule has 1 aliphatic rings. The molecular weight excluding hydrogens is 512 g/mol. The number of primary amides is 1. The number of pyridine rings is 1. The van der Waals surface area contributed by atoms with E-state index in [1.54, 1.807) is 28.9 Å². The number of aromatic nitrogens is 2. The van der Waals surface area contributed by atoms with E-state index in [0.717, 1.165) is 28.1 Å². The molecule has 198 valence electrons. The second-order valence-electron chi connectivity index (χ2n) is 9.31. The van der Waals surface area contributed by atoms with Crippen molar-refractivity contribution in [1.82, 2.24) is 15.3 Å². The normalized spacial score (nSPS) is 13.0. The van der Waals surface area contributed by atoms with Gasteiger partial charge in [-0.1, -0.05) is 30.3 Å². The number of hydrogen-bond donors (Lipinski definition) is 2. The van der Waals surface area contributed by atoms with Gasteiger partial charge in [0.1, 0.15) is 11.9 Å². The molecule has 2 aromatic carbocycles. The predicted molar refractivity (Wildman–Crippen MR) is 152 cm³/mol. The maximum atomic E-state index is 14.3. The molecule has 10 heteroatoms. The highest BCUT2D eigenvalue weighted by molar-refractivity contribution is 7.07. The molecule has 3 heterocycles. The zero-order chi connectivity index (χ0) is 27.4. The lowest BCUT2D eigenvalue weighted by Gasteiger charge is -2.31. The molecule has 39 heavy (non-hydrogen) atoms. The number of amides is 3. The number of rotatable bonds is 9. The van der Waals surface area contributed by atoms with Crippen molar-refractivity contribution in [3.05, 3.63) is 94.6 Å². The van der Waals surface area contributed by atoms with Crippen molar-refractivity contribution in [3.63, 3.8) is 0 Å². The van der Waals surface area contributed by atoms with E-state index in [2.05, 4.69) is 15.3 Å². The molecule has 1 atom stereocenters. The number of benzene rings is 2. The van der Waals surface area contributed by atoms with Gasteiger partial charge in [0.05, 0.1) is 12.1 Å². The summed E-state index contributed by atoms with van der Waals surface area (Å²) in [5.74, 6) is -0.388. The van der Waals surface area contributed by atoms with Gasteiger partial charge in [0.2, 0.25) is 11.8 Å². The predicted octanol–water partition coefficient (Wildman–Crippen LogP) is 3.06. The number of fused-ring (bicyclic) bond motifs is 1. The molecule has 0 spiro atoms. The monoisotopic (exact) mass is 540 g/mol. The second kappa shape index (κ2) is 11.4. The number of hydrogen-bond acceptors (Lipinski definition) is 7. The molecule has 2 aromatic heterocycles. The standard InChI is InChI=1S/C29H28N6O3S/c1-34(27-17-39-18-33-27)25(13-19-5-3-2-4-6-19)29(38)35-12-9-22-23(28(37)32-16-26(30)36)14-21(15-24(22)35)20-7-10-31-11-8-20/h2-8,10-11,14-15,17-18,25H,9,12-13,16H2,1H3,(H2,30,36)(H,32,37)/t25-/m0/s1. The molecule has 0 bridgehead atoms. The van der Waals surface area contributed by atoms with Crippen LogP contribution in [0.3, 0.4) is 0 Å². The molecule has 4 aromatic rings. The minimum absolute atomic E-state index is 0.0801. The molecule has 5 rings (SSSR count). The first-order chi connectivity index (χ1) is 18.9. The summed E-state index contributed by atoms with van der Waals surface area (Å²) in [7, 11) is 1.88. The van der Waals surface area contributed by atoms with Crippen molar-refractivity contribution >= 4 is 40.6 Å². The molecule has 0 saturated heterocycles. The van der Waals surface area contributed by atoms with Gasteiger partial charge < -0.3 is 20.9 Å². The Balaban J connectivity index is 1.55. The Kier molecular flexibility index (Phi) is 7.64. The van der Waals surface area contributed by atoms with Gasteiger partial charge in [-0.25, -0.2) is 4.98 Å². The van der Waals surface area contributed by atoms with Gasteiger partial charge in [-0.05, 0) is 52.9 Å². The Morgan fingerprint density at radius 3 is 2.56 bits per heavy atom. The topological polar surface area (TPSA) is 122 Å². The first-order valence-corrected chi connectivity index (χ1v) is 13.5. The fourth-order valence-corrected chi connectivity index (χ4v) is 5.44. The second-order valence-corrected chi connectivity index (χ2v) is 10.0. The van der Waals surface area contributed by atoms with Crippen molar-refractivity contribution in [1.29, 1.82) is 0 Å². The molecule has 9 nitrogen and oxygen atoms in total. The maximum Gasteiger partial charge on any atom is 0.252 e. The maximum absolute atomic E-state index is 14.3. The Morgan fingerprint density at radius 1 is 1.10 bits per heavy atom. The number of thiazole rings is 1. The van der Waals surface area contributed by atoms with Gasteiger partial charge in [0, 0.05) is 49.0 Å². The highest BCUT2D eigenvalue weighted by atomic mass is 32.1. The van der Waals surface area contributed by atoms with E-state index in [1.165, 1.54) is 11.3 Å². The first kappa shape index (κ1) is 26.1. The lowest BCUT2D eigenvalue weighted by molar-refractivity contribution is -0.120. The van der Waals surface area contributed by atoms with Gasteiger partial charge in [-0.3, -0.25) is 19.4 Å². The molecule has 0 radical (unpaired) electrons. The van der Waals surface area contributed by atoms with E-state index in [0.29, 0.717) is 30.6 Å². The Labute approximate surface area is 230 Å². The fourth-order valence-electron chi connectivity index (χ4n) is 4.86. The molecule has 0 fully saturated rings. The minimum Gasteiger partial charge on any atom is -0.368 e. The van der Waals surface area contributed by atoms with E-state index >= 15 is 0 Å². The Bertz CT molecular complexity index is 1480. The largest absolute Gasteiger partial charge is 0.368 e. The molecule has 0 saturated carbocycles. The molecule has 3 amide bonds. The number of carbonyl (C=O) groups is 3. The molecule has 0 unspecified atom stereocenters. The van der Waals surface area contributed by atoms with Gasteiger partial charge in [-0.15, -0.1) is 11.3 Å². The summed E-state index contributed by atoms with van der Waals surface area (Å²) in [5.41, 5.74) is 11.5. The van der Waals surface area contributed by atoms with Crippen LogP contribution in [-0.2, 0) is 22.4 Å². The van der Waals surface area contributed by atoms with Crippen LogP contribution in [-0.4, -0.2) is 53.9 Å². The number of nitrogens with zero attached hydrogens (tertiary/aromatic N) is 4.